The van der Waals surface area contributed by atoms with Crippen molar-refractivity contribution in [2.45, 2.75) is 5.03 Å². The lowest BCUT2D eigenvalue weighted by Crippen LogP contribution is -2.15. The summed E-state index contributed by atoms with van der Waals surface area (Å²) in [5, 5.41) is 11.5. The van der Waals surface area contributed by atoms with E-state index in [0.717, 1.165) is 23.9 Å². The van der Waals surface area contributed by atoms with Crippen molar-refractivity contribution in [2.24, 2.45) is 0 Å². The first kappa shape index (κ1) is 15.9. The van der Waals surface area contributed by atoms with Gasteiger partial charge in [0.25, 0.3) is 0 Å². The van der Waals surface area contributed by atoms with E-state index in [1.807, 2.05) is 0 Å². The number of hydrogen-bond acceptors (Lipinski definition) is 4. The lowest BCUT2D eigenvalue weighted by atomic mass is 10.3. The van der Waals surface area contributed by atoms with Crippen LogP contribution in [0.25, 0.3) is 0 Å². The van der Waals surface area contributed by atoms with Crippen molar-refractivity contribution in [2.75, 3.05) is 11.1 Å². The Balaban J connectivity index is 2.00. The first-order valence-electron chi connectivity index (χ1n) is 6.03. The summed E-state index contributed by atoms with van der Waals surface area (Å²) < 4.78 is 26.1. The number of benzene rings is 1. The van der Waals surface area contributed by atoms with Crippen molar-refractivity contribution in [1.29, 1.82) is 0 Å². The van der Waals surface area contributed by atoms with Gasteiger partial charge in [-0.3, -0.25) is 4.79 Å². The number of carbonyl (C=O) groups excluding carboxylic acids is 1. The van der Waals surface area contributed by atoms with E-state index in [-0.39, 0.29) is 22.0 Å². The third-order valence-corrected chi connectivity index (χ3v) is 3.55. The summed E-state index contributed by atoms with van der Waals surface area (Å²) in [6, 6.07) is 5.63. The number of thioether (sulfide) groups is 1. The highest BCUT2D eigenvalue weighted by Crippen LogP contribution is 2.21. The molecular formula is C14H10F2N2O3S. The van der Waals surface area contributed by atoms with Gasteiger partial charge in [0, 0.05) is 12.3 Å². The Labute approximate surface area is 128 Å². The van der Waals surface area contributed by atoms with Gasteiger partial charge in [0.1, 0.15) is 16.7 Å². The fourth-order valence-electron chi connectivity index (χ4n) is 1.58. The molecule has 114 valence electrons. The maximum absolute atomic E-state index is 13.4. The Morgan fingerprint density at radius 1 is 1.27 bits per heavy atom. The molecule has 0 aliphatic heterocycles. The van der Waals surface area contributed by atoms with Crippen molar-refractivity contribution in [1.82, 2.24) is 4.98 Å². The molecule has 2 aromatic rings. The number of pyridine rings is 1. The SMILES string of the molecule is O=C(CSc1ncccc1C(=O)O)Nc1ccc(F)cc1F. The largest absolute Gasteiger partial charge is 0.478 e. The van der Waals surface area contributed by atoms with Gasteiger partial charge in [-0.25, -0.2) is 18.6 Å². The molecule has 0 aliphatic carbocycles. The second-order valence-corrected chi connectivity index (χ2v) is 5.09. The van der Waals surface area contributed by atoms with Crippen LogP contribution in [0, 0.1) is 11.6 Å². The van der Waals surface area contributed by atoms with Gasteiger partial charge in [-0.05, 0) is 24.3 Å². The third-order valence-electron chi connectivity index (χ3n) is 2.55. The molecule has 1 heterocycles. The van der Waals surface area contributed by atoms with Gasteiger partial charge in [0.2, 0.25) is 5.91 Å². The number of carboxylic acid groups (broad SMARTS) is 1. The normalized spacial score (nSPS) is 10.3. The van der Waals surface area contributed by atoms with Gasteiger partial charge in [-0.2, -0.15) is 0 Å². The first-order chi connectivity index (χ1) is 10.5. The van der Waals surface area contributed by atoms with E-state index < -0.39 is 23.5 Å². The number of nitrogens with one attached hydrogen (secondary N) is 1. The minimum absolute atomic E-state index is 0.0201. The maximum atomic E-state index is 13.4. The molecule has 2 N–H and O–H groups in total. The molecule has 1 aromatic heterocycles. The summed E-state index contributed by atoms with van der Waals surface area (Å²) in [6.45, 7) is 0. The van der Waals surface area contributed by atoms with Crippen LogP contribution in [-0.2, 0) is 4.79 Å². The van der Waals surface area contributed by atoms with Crippen LogP contribution in [0.4, 0.5) is 14.5 Å². The number of rotatable bonds is 5. The summed E-state index contributed by atoms with van der Waals surface area (Å²) in [5.41, 5.74) is -0.167. The molecule has 0 saturated carbocycles. The molecule has 5 nitrogen and oxygen atoms in total. The minimum atomic E-state index is -1.15. The van der Waals surface area contributed by atoms with Crippen LogP contribution in [0.2, 0.25) is 0 Å². The number of nitrogens with zero attached hydrogens (tertiary/aromatic N) is 1. The highest BCUT2D eigenvalue weighted by molar-refractivity contribution is 8.00. The van der Waals surface area contributed by atoms with Crippen molar-refractivity contribution >= 4 is 29.3 Å². The first-order valence-corrected chi connectivity index (χ1v) is 7.02. The Bertz CT molecular complexity index is 725. The second kappa shape index (κ2) is 6.99. The fourth-order valence-corrected chi connectivity index (χ4v) is 2.37. The van der Waals surface area contributed by atoms with Gasteiger partial charge in [0.05, 0.1) is 17.0 Å². The Morgan fingerprint density at radius 3 is 2.73 bits per heavy atom. The average Bonchev–Trinajstić information content (AvgIpc) is 2.48. The molecule has 8 heteroatoms. The number of aromatic nitrogens is 1. The summed E-state index contributed by atoms with van der Waals surface area (Å²) in [5.74, 6) is -3.50. The highest BCUT2D eigenvalue weighted by atomic mass is 32.2. The molecule has 0 radical (unpaired) electrons. The third kappa shape index (κ3) is 4.01. The Hall–Kier alpha value is -2.48. The molecule has 0 atom stereocenters. The summed E-state index contributed by atoms with van der Waals surface area (Å²) in [7, 11) is 0. The van der Waals surface area contributed by atoms with E-state index in [1.165, 1.54) is 18.3 Å². The molecule has 2 rings (SSSR count). The summed E-state index contributed by atoms with van der Waals surface area (Å²) in [6.07, 6.45) is 1.41. The van der Waals surface area contributed by atoms with Gasteiger partial charge < -0.3 is 10.4 Å². The van der Waals surface area contributed by atoms with Crippen LogP contribution >= 0.6 is 11.8 Å². The number of carbonyl (C=O) groups is 2. The van der Waals surface area contributed by atoms with Crippen LogP contribution in [0.15, 0.2) is 41.6 Å². The molecular weight excluding hydrogens is 314 g/mol. The average molecular weight is 324 g/mol. The number of carboxylic acids is 1. The lowest BCUT2D eigenvalue weighted by molar-refractivity contribution is -0.113. The maximum Gasteiger partial charge on any atom is 0.338 e. The van der Waals surface area contributed by atoms with Crippen LogP contribution < -0.4 is 5.32 Å². The van der Waals surface area contributed by atoms with Crippen molar-refractivity contribution in [3.05, 3.63) is 53.7 Å². The molecule has 1 amide bonds. The van der Waals surface area contributed by atoms with E-state index in [2.05, 4.69) is 10.3 Å². The Morgan fingerprint density at radius 2 is 2.05 bits per heavy atom. The van der Waals surface area contributed by atoms with Crippen LogP contribution in [0.3, 0.4) is 0 Å². The van der Waals surface area contributed by atoms with E-state index in [1.54, 1.807) is 0 Å². The van der Waals surface area contributed by atoms with Gasteiger partial charge in [-0.15, -0.1) is 0 Å². The summed E-state index contributed by atoms with van der Waals surface area (Å²) >= 11 is 0.911. The van der Waals surface area contributed by atoms with Gasteiger partial charge in [0.15, 0.2) is 0 Å². The second-order valence-electron chi connectivity index (χ2n) is 4.12. The van der Waals surface area contributed by atoms with Crippen LogP contribution in [-0.4, -0.2) is 27.7 Å². The number of halogens is 2. The quantitative estimate of drug-likeness (QED) is 0.827. The lowest BCUT2D eigenvalue weighted by Gasteiger charge is -2.07. The molecule has 0 aliphatic rings. The zero-order chi connectivity index (χ0) is 16.1. The predicted octanol–water partition coefficient (Wildman–Crippen LogP) is 2.79. The number of anilines is 1. The monoisotopic (exact) mass is 324 g/mol. The zero-order valence-corrected chi connectivity index (χ0v) is 11.9. The van der Waals surface area contributed by atoms with Gasteiger partial charge >= 0.3 is 5.97 Å². The van der Waals surface area contributed by atoms with Crippen molar-refractivity contribution in [3.8, 4) is 0 Å². The van der Waals surface area contributed by atoms with Crippen molar-refractivity contribution in [3.63, 3.8) is 0 Å². The Kier molecular flexibility index (Phi) is 5.05. The van der Waals surface area contributed by atoms with E-state index in [4.69, 9.17) is 5.11 Å². The van der Waals surface area contributed by atoms with Crippen LogP contribution in [0.5, 0.6) is 0 Å². The minimum Gasteiger partial charge on any atom is -0.478 e. The van der Waals surface area contributed by atoms with E-state index in [9.17, 15) is 18.4 Å². The predicted molar refractivity (Wildman–Crippen MR) is 76.9 cm³/mol. The van der Waals surface area contributed by atoms with Gasteiger partial charge in [-0.1, -0.05) is 11.8 Å². The molecule has 22 heavy (non-hydrogen) atoms. The summed E-state index contributed by atoms with van der Waals surface area (Å²) in [4.78, 5) is 26.6. The number of hydrogen-bond donors (Lipinski definition) is 2. The molecule has 0 spiro atoms. The van der Waals surface area contributed by atoms with E-state index in [0.29, 0.717) is 6.07 Å². The molecule has 0 unspecified atom stereocenters. The van der Waals surface area contributed by atoms with Crippen molar-refractivity contribution < 1.29 is 23.5 Å². The molecule has 0 bridgehead atoms. The molecule has 0 saturated heterocycles. The number of aromatic carboxylic acids is 1. The van der Waals surface area contributed by atoms with Crippen LogP contribution in [0.1, 0.15) is 10.4 Å². The molecule has 1 aromatic carbocycles. The zero-order valence-electron chi connectivity index (χ0n) is 11.0. The highest BCUT2D eigenvalue weighted by Gasteiger charge is 2.14. The number of amides is 1. The standard InChI is InChI=1S/C14H10F2N2O3S/c15-8-3-4-11(10(16)6-8)18-12(19)7-22-13-9(14(20)21)2-1-5-17-13/h1-6H,7H2,(H,18,19)(H,20,21). The van der Waals surface area contributed by atoms with E-state index >= 15 is 0 Å². The smallest absolute Gasteiger partial charge is 0.338 e. The molecule has 0 fully saturated rings. The fraction of sp³-hybridized carbons (Fsp3) is 0.0714. The topological polar surface area (TPSA) is 79.3 Å².